The summed E-state index contributed by atoms with van der Waals surface area (Å²) in [5.74, 6) is -0.244. The van der Waals surface area contributed by atoms with Crippen LogP contribution in [0.15, 0.2) is 48.5 Å². The normalized spacial score (nSPS) is 12.2. The van der Waals surface area contributed by atoms with Crippen molar-refractivity contribution in [1.29, 1.82) is 0 Å². The van der Waals surface area contributed by atoms with E-state index in [1.54, 1.807) is 6.07 Å². The molecule has 3 heteroatoms. The Hall–Kier alpha value is -1.87. The molecule has 0 aromatic heterocycles. The molecule has 0 aliphatic heterocycles. The first-order valence-corrected chi connectivity index (χ1v) is 6.36. The molecule has 2 aromatic carbocycles. The molecule has 0 fully saturated rings. The Bertz CT molecular complexity index is 554. The first-order valence-electron chi connectivity index (χ1n) is 6.36. The van der Waals surface area contributed by atoms with Crippen LogP contribution in [0.3, 0.4) is 0 Å². The monoisotopic (exact) mass is 258 g/mol. The molecule has 0 bridgehead atoms. The Morgan fingerprint density at radius 3 is 2.58 bits per heavy atom. The highest BCUT2D eigenvalue weighted by Gasteiger charge is 2.11. The van der Waals surface area contributed by atoms with Gasteiger partial charge in [0.2, 0.25) is 0 Å². The fourth-order valence-corrected chi connectivity index (χ4v) is 2.23. The summed E-state index contributed by atoms with van der Waals surface area (Å²) >= 11 is 0. The first kappa shape index (κ1) is 13.6. The van der Waals surface area contributed by atoms with E-state index in [0.29, 0.717) is 6.54 Å². The molecule has 0 aliphatic carbocycles. The second-order valence-corrected chi connectivity index (χ2v) is 4.83. The molecule has 19 heavy (non-hydrogen) atoms. The second kappa shape index (κ2) is 5.85. The summed E-state index contributed by atoms with van der Waals surface area (Å²) < 4.78 is 13.2. The number of hydrogen-bond donors (Lipinski definition) is 1. The number of halogens is 1. The van der Waals surface area contributed by atoms with Crippen LogP contribution in [0.2, 0.25) is 0 Å². The standard InChI is InChI=1S/C16H19FN2/c1-12-6-3-4-9-16(12)19(2)11-15(18)13-7-5-8-14(17)10-13/h3-10,15H,11,18H2,1-2H3. The van der Waals surface area contributed by atoms with Gasteiger partial charge in [-0.1, -0.05) is 30.3 Å². The molecule has 0 heterocycles. The van der Waals surface area contributed by atoms with Crippen LogP contribution < -0.4 is 10.6 Å². The summed E-state index contributed by atoms with van der Waals surface area (Å²) in [6.45, 7) is 2.72. The molecule has 100 valence electrons. The lowest BCUT2D eigenvalue weighted by molar-refractivity contribution is 0.618. The molecule has 0 saturated heterocycles. The van der Waals surface area contributed by atoms with E-state index in [2.05, 4.69) is 24.0 Å². The Morgan fingerprint density at radius 2 is 1.89 bits per heavy atom. The maximum atomic E-state index is 13.2. The van der Waals surface area contributed by atoms with E-state index in [-0.39, 0.29) is 11.9 Å². The quantitative estimate of drug-likeness (QED) is 0.912. The summed E-state index contributed by atoms with van der Waals surface area (Å²) in [5, 5.41) is 0. The lowest BCUT2D eigenvalue weighted by atomic mass is 10.1. The van der Waals surface area contributed by atoms with Gasteiger partial charge in [0.15, 0.2) is 0 Å². The molecule has 2 N–H and O–H groups in total. The van der Waals surface area contributed by atoms with Gasteiger partial charge in [0.1, 0.15) is 5.82 Å². The average molecular weight is 258 g/mol. The van der Waals surface area contributed by atoms with Gasteiger partial charge in [-0.05, 0) is 36.2 Å². The van der Waals surface area contributed by atoms with Crippen molar-refractivity contribution < 1.29 is 4.39 Å². The molecule has 0 saturated carbocycles. The highest BCUT2D eigenvalue weighted by atomic mass is 19.1. The predicted octanol–water partition coefficient (Wildman–Crippen LogP) is 3.27. The Labute approximate surface area is 113 Å². The second-order valence-electron chi connectivity index (χ2n) is 4.83. The van der Waals surface area contributed by atoms with E-state index >= 15 is 0 Å². The lowest BCUT2D eigenvalue weighted by Gasteiger charge is -2.25. The van der Waals surface area contributed by atoms with Crippen molar-refractivity contribution in [2.24, 2.45) is 5.73 Å². The number of nitrogens with two attached hydrogens (primary N) is 1. The van der Waals surface area contributed by atoms with Gasteiger partial charge in [0.05, 0.1) is 0 Å². The molecule has 2 rings (SSSR count). The van der Waals surface area contributed by atoms with E-state index in [9.17, 15) is 4.39 Å². The first-order chi connectivity index (χ1) is 9.08. The zero-order chi connectivity index (χ0) is 13.8. The third-order valence-electron chi connectivity index (χ3n) is 3.27. The number of benzene rings is 2. The summed E-state index contributed by atoms with van der Waals surface area (Å²) in [7, 11) is 2.00. The van der Waals surface area contributed by atoms with Crippen LogP contribution in [0.4, 0.5) is 10.1 Å². The maximum absolute atomic E-state index is 13.2. The summed E-state index contributed by atoms with van der Waals surface area (Å²) in [4.78, 5) is 2.10. The Balaban J connectivity index is 2.11. The fourth-order valence-electron chi connectivity index (χ4n) is 2.23. The molecular weight excluding hydrogens is 239 g/mol. The van der Waals surface area contributed by atoms with Crippen LogP contribution in [-0.2, 0) is 0 Å². The van der Waals surface area contributed by atoms with E-state index < -0.39 is 0 Å². The number of nitrogens with zero attached hydrogens (tertiary/aromatic N) is 1. The third-order valence-corrected chi connectivity index (χ3v) is 3.27. The van der Waals surface area contributed by atoms with Gasteiger partial charge in [-0.2, -0.15) is 0 Å². The van der Waals surface area contributed by atoms with Gasteiger partial charge in [-0.3, -0.25) is 0 Å². The minimum atomic E-state index is -0.244. The van der Waals surface area contributed by atoms with Crippen LogP contribution in [0.25, 0.3) is 0 Å². The van der Waals surface area contributed by atoms with Gasteiger partial charge in [0, 0.05) is 25.3 Å². The van der Waals surface area contributed by atoms with Crippen molar-refractivity contribution in [1.82, 2.24) is 0 Å². The highest BCUT2D eigenvalue weighted by Crippen LogP contribution is 2.20. The Kier molecular flexibility index (Phi) is 4.17. The van der Waals surface area contributed by atoms with E-state index in [0.717, 1.165) is 11.3 Å². The molecule has 1 atom stereocenters. The van der Waals surface area contributed by atoms with Crippen molar-refractivity contribution in [3.8, 4) is 0 Å². The van der Waals surface area contributed by atoms with Crippen LogP contribution in [0.5, 0.6) is 0 Å². The molecule has 0 amide bonds. The lowest BCUT2D eigenvalue weighted by Crippen LogP contribution is -2.29. The largest absolute Gasteiger partial charge is 0.372 e. The third kappa shape index (κ3) is 3.32. The minimum Gasteiger partial charge on any atom is -0.372 e. The number of para-hydroxylation sites is 1. The number of hydrogen-bond acceptors (Lipinski definition) is 2. The fraction of sp³-hybridized carbons (Fsp3) is 0.250. The van der Waals surface area contributed by atoms with E-state index in [1.807, 2.05) is 25.2 Å². The van der Waals surface area contributed by atoms with Crippen molar-refractivity contribution in [2.45, 2.75) is 13.0 Å². The van der Waals surface area contributed by atoms with Crippen molar-refractivity contribution in [2.75, 3.05) is 18.5 Å². The molecule has 0 radical (unpaired) electrons. The van der Waals surface area contributed by atoms with Gasteiger partial charge < -0.3 is 10.6 Å². The number of rotatable bonds is 4. The molecular formula is C16H19FN2. The zero-order valence-electron chi connectivity index (χ0n) is 11.3. The maximum Gasteiger partial charge on any atom is 0.123 e. The van der Waals surface area contributed by atoms with Gasteiger partial charge in [0.25, 0.3) is 0 Å². The summed E-state index contributed by atoms with van der Waals surface area (Å²) in [6, 6.07) is 14.4. The average Bonchev–Trinajstić information content (AvgIpc) is 2.39. The van der Waals surface area contributed by atoms with Gasteiger partial charge in [-0.15, -0.1) is 0 Å². The van der Waals surface area contributed by atoms with Crippen LogP contribution in [-0.4, -0.2) is 13.6 Å². The smallest absolute Gasteiger partial charge is 0.123 e. The van der Waals surface area contributed by atoms with Crippen LogP contribution in [0.1, 0.15) is 17.2 Å². The predicted molar refractivity (Wildman–Crippen MR) is 77.8 cm³/mol. The van der Waals surface area contributed by atoms with Crippen molar-refractivity contribution in [3.05, 3.63) is 65.5 Å². The van der Waals surface area contributed by atoms with Gasteiger partial charge >= 0.3 is 0 Å². The SMILES string of the molecule is Cc1ccccc1N(C)CC(N)c1cccc(F)c1. The van der Waals surface area contributed by atoms with E-state index in [4.69, 9.17) is 5.73 Å². The van der Waals surface area contributed by atoms with Crippen molar-refractivity contribution in [3.63, 3.8) is 0 Å². The number of aryl methyl sites for hydroxylation is 1. The topological polar surface area (TPSA) is 29.3 Å². The summed E-state index contributed by atoms with van der Waals surface area (Å²) in [6.07, 6.45) is 0. The molecule has 2 aromatic rings. The summed E-state index contributed by atoms with van der Waals surface area (Å²) in [5.41, 5.74) is 9.32. The zero-order valence-corrected chi connectivity index (χ0v) is 11.3. The van der Waals surface area contributed by atoms with Crippen molar-refractivity contribution >= 4 is 5.69 Å². The molecule has 2 nitrogen and oxygen atoms in total. The van der Waals surface area contributed by atoms with Crippen LogP contribution in [0, 0.1) is 12.7 Å². The van der Waals surface area contributed by atoms with E-state index in [1.165, 1.54) is 17.7 Å². The number of anilines is 1. The number of likely N-dealkylation sites (N-methyl/N-ethyl adjacent to an activating group) is 1. The molecule has 1 unspecified atom stereocenters. The molecule has 0 spiro atoms. The Morgan fingerprint density at radius 1 is 1.16 bits per heavy atom. The van der Waals surface area contributed by atoms with Crippen LogP contribution >= 0.6 is 0 Å². The van der Waals surface area contributed by atoms with Gasteiger partial charge in [-0.25, -0.2) is 4.39 Å². The highest BCUT2D eigenvalue weighted by molar-refractivity contribution is 5.52. The minimum absolute atomic E-state index is 0.208. The molecule has 0 aliphatic rings.